The largest absolute Gasteiger partial charge is 0.396 e. The molecule has 6 rings (SSSR count). The van der Waals surface area contributed by atoms with Crippen LogP contribution in [0.1, 0.15) is 58.8 Å². The minimum Gasteiger partial charge on any atom is -0.396 e. The van der Waals surface area contributed by atoms with Crippen molar-refractivity contribution in [1.29, 1.82) is 0 Å². The molecule has 6 aliphatic rings. The summed E-state index contributed by atoms with van der Waals surface area (Å²) in [6.45, 7) is 5.21. The van der Waals surface area contributed by atoms with E-state index in [4.69, 9.17) is 0 Å². The van der Waals surface area contributed by atoms with E-state index in [-0.39, 0.29) is 40.3 Å². The monoisotopic (exact) mass is 320 g/mol. The smallest absolute Gasteiger partial charge is 0.0585 e. The molecule has 130 valence electrons. The molecular formula is C20H32O3. The molecule has 0 radical (unpaired) electrons. The van der Waals surface area contributed by atoms with Gasteiger partial charge in [-0.3, -0.25) is 0 Å². The molecule has 0 unspecified atom stereocenters. The predicted octanol–water partition coefficient (Wildman–Crippen LogP) is 2.58. The molecule has 23 heavy (non-hydrogen) atoms. The molecule has 0 aromatic carbocycles. The molecule has 0 aromatic rings. The van der Waals surface area contributed by atoms with E-state index in [9.17, 15) is 15.3 Å². The van der Waals surface area contributed by atoms with Crippen molar-refractivity contribution < 1.29 is 15.3 Å². The van der Waals surface area contributed by atoms with Crippen LogP contribution in [0.4, 0.5) is 0 Å². The van der Waals surface area contributed by atoms with Crippen LogP contribution in [0.15, 0.2) is 0 Å². The van der Waals surface area contributed by atoms with Gasteiger partial charge in [0.15, 0.2) is 0 Å². The Balaban J connectivity index is 1.57. The highest BCUT2D eigenvalue weighted by Crippen LogP contribution is 2.85. The Morgan fingerprint density at radius 3 is 2.43 bits per heavy atom. The zero-order chi connectivity index (χ0) is 16.3. The van der Waals surface area contributed by atoms with Crippen LogP contribution in [-0.4, -0.2) is 34.6 Å². The standard InChI is InChI=1S/C20H32O3/c1-17(10-21)4-3-5-18(2)15-6-12-13-7-19(15,8-14(23)16(17)18)9-20(12,13)11-22/h12-16,21-23H,3-11H2,1-2H3/t12-,13+,14-,15+,16-,17+,18+,19-,20+/m1/s1. The summed E-state index contributed by atoms with van der Waals surface area (Å²) in [5.41, 5.74) is 0.559. The quantitative estimate of drug-likeness (QED) is 0.733. The van der Waals surface area contributed by atoms with Crippen LogP contribution in [0, 0.1) is 45.3 Å². The molecule has 6 saturated carbocycles. The van der Waals surface area contributed by atoms with Gasteiger partial charge in [-0.25, -0.2) is 0 Å². The molecule has 4 bridgehead atoms. The Hall–Kier alpha value is -0.120. The van der Waals surface area contributed by atoms with E-state index in [2.05, 4.69) is 13.8 Å². The number of aliphatic hydroxyl groups excluding tert-OH is 3. The van der Waals surface area contributed by atoms with Crippen LogP contribution in [0.2, 0.25) is 0 Å². The summed E-state index contributed by atoms with van der Waals surface area (Å²) in [7, 11) is 0. The zero-order valence-electron chi connectivity index (χ0n) is 14.6. The van der Waals surface area contributed by atoms with Crippen molar-refractivity contribution in [3.8, 4) is 0 Å². The molecule has 0 aromatic heterocycles. The van der Waals surface area contributed by atoms with Gasteiger partial charge in [0.1, 0.15) is 0 Å². The van der Waals surface area contributed by atoms with Gasteiger partial charge < -0.3 is 15.3 Å². The summed E-state index contributed by atoms with van der Waals surface area (Å²) in [4.78, 5) is 0. The molecule has 1 spiro atoms. The van der Waals surface area contributed by atoms with E-state index in [1.54, 1.807) is 0 Å². The first-order valence-corrected chi connectivity index (χ1v) is 9.75. The third-order valence-corrected chi connectivity index (χ3v) is 9.77. The fourth-order valence-corrected chi connectivity index (χ4v) is 9.16. The molecular weight excluding hydrogens is 288 g/mol. The van der Waals surface area contributed by atoms with Gasteiger partial charge in [0.05, 0.1) is 6.10 Å². The Labute approximate surface area is 139 Å². The van der Waals surface area contributed by atoms with Crippen molar-refractivity contribution in [3.63, 3.8) is 0 Å². The number of hydrogen-bond donors (Lipinski definition) is 3. The molecule has 6 fully saturated rings. The maximum absolute atomic E-state index is 11.2. The third kappa shape index (κ3) is 1.50. The molecule has 3 nitrogen and oxygen atoms in total. The minimum absolute atomic E-state index is 0.119. The first-order valence-electron chi connectivity index (χ1n) is 9.75. The lowest BCUT2D eigenvalue weighted by Crippen LogP contribution is -2.63. The van der Waals surface area contributed by atoms with E-state index in [0.717, 1.165) is 31.1 Å². The Morgan fingerprint density at radius 1 is 1.00 bits per heavy atom. The Morgan fingerprint density at radius 2 is 1.78 bits per heavy atom. The van der Waals surface area contributed by atoms with Crippen LogP contribution in [0.5, 0.6) is 0 Å². The molecule has 3 heteroatoms. The van der Waals surface area contributed by atoms with Crippen LogP contribution in [-0.2, 0) is 0 Å². The number of hydrogen-bond acceptors (Lipinski definition) is 3. The average molecular weight is 320 g/mol. The highest BCUT2D eigenvalue weighted by molar-refractivity contribution is 5.29. The van der Waals surface area contributed by atoms with Crippen molar-refractivity contribution >= 4 is 0 Å². The topological polar surface area (TPSA) is 60.7 Å². The van der Waals surface area contributed by atoms with Crippen LogP contribution >= 0.6 is 0 Å². The lowest BCUT2D eigenvalue weighted by atomic mass is 9.39. The van der Waals surface area contributed by atoms with Crippen molar-refractivity contribution in [1.82, 2.24) is 0 Å². The predicted molar refractivity (Wildman–Crippen MR) is 87.5 cm³/mol. The number of fused-ring (bicyclic) bond motifs is 1. The molecule has 0 aliphatic heterocycles. The summed E-state index contributed by atoms with van der Waals surface area (Å²) in [6.07, 6.45) is 7.75. The van der Waals surface area contributed by atoms with Gasteiger partial charge >= 0.3 is 0 Å². The summed E-state index contributed by atoms with van der Waals surface area (Å²) in [5, 5.41) is 31.2. The van der Waals surface area contributed by atoms with Crippen LogP contribution in [0.3, 0.4) is 0 Å². The van der Waals surface area contributed by atoms with E-state index < -0.39 is 0 Å². The summed E-state index contributed by atoms with van der Waals surface area (Å²) in [6, 6.07) is 0. The Bertz CT molecular complexity index is 549. The van der Waals surface area contributed by atoms with Gasteiger partial charge in [-0.15, -0.1) is 0 Å². The molecule has 9 atom stereocenters. The molecule has 0 amide bonds. The van der Waals surface area contributed by atoms with Gasteiger partial charge in [-0.05, 0) is 78.4 Å². The van der Waals surface area contributed by atoms with Gasteiger partial charge in [-0.1, -0.05) is 20.3 Å². The molecule has 3 N–H and O–H groups in total. The third-order valence-electron chi connectivity index (χ3n) is 9.77. The van der Waals surface area contributed by atoms with Crippen molar-refractivity contribution in [2.45, 2.75) is 64.9 Å². The first-order chi connectivity index (χ1) is 10.9. The zero-order valence-corrected chi connectivity index (χ0v) is 14.6. The fourth-order valence-electron chi connectivity index (χ4n) is 9.16. The highest BCUT2D eigenvalue weighted by Gasteiger charge is 2.80. The Kier molecular flexibility index (Phi) is 2.74. The second-order valence-electron chi connectivity index (χ2n) is 10.6. The molecule has 6 aliphatic carbocycles. The maximum atomic E-state index is 11.2. The van der Waals surface area contributed by atoms with Crippen molar-refractivity contribution in [2.24, 2.45) is 45.3 Å². The summed E-state index contributed by atoms with van der Waals surface area (Å²) < 4.78 is 0. The lowest BCUT2D eigenvalue weighted by Gasteiger charge is -2.67. The SMILES string of the molecule is C[C@@]1(CO)CCC[C@]2(C)[C@@H]1[C@H](O)C[C@@]13C[C@H]4[C@@H](C[C@H]12)[C@@]4(CO)C3. The van der Waals surface area contributed by atoms with E-state index >= 15 is 0 Å². The first kappa shape index (κ1) is 15.2. The number of rotatable bonds is 2. The van der Waals surface area contributed by atoms with Gasteiger partial charge in [0, 0.05) is 18.6 Å². The summed E-state index contributed by atoms with van der Waals surface area (Å²) >= 11 is 0. The van der Waals surface area contributed by atoms with Gasteiger partial charge in [0.2, 0.25) is 0 Å². The fraction of sp³-hybridized carbons (Fsp3) is 1.00. The number of aliphatic hydroxyl groups is 3. The van der Waals surface area contributed by atoms with Crippen LogP contribution < -0.4 is 0 Å². The lowest BCUT2D eigenvalue weighted by molar-refractivity contribution is -0.219. The minimum atomic E-state index is -0.279. The van der Waals surface area contributed by atoms with E-state index in [1.165, 1.54) is 25.7 Å². The second-order valence-corrected chi connectivity index (χ2v) is 10.6. The average Bonchev–Trinajstić information content (AvgIpc) is 3.01. The van der Waals surface area contributed by atoms with Crippen molar-refractivity contribution in [3.05, 3.63) is 0 Å². The molecule has 0 heterocycles. The van der Waals surface area contributed by atoms with E-state index in [1.807, 2.05) is 0 Å². The van der Waals surface area contributed by atoms with Gasteiger partial charge in [0.25, 0.3) is 0 Å². The summed E-state index contributed by atoms with van der Waals surface area (Å²) in [5.74, 6) is 2.42. The normalized spacial score (nSPS) is 65.9. The van der Waals surface area contributed by atoms with Gasteiger partial charge in [-0.2, -0.15) is 0 Å². The van der Waals surface area contributed by atoms with E-state index in [0.29, 0.717) is 12.5 Å². The highest BCUT2D eigenvalue weighted by atomic mass is 16.3. The second kappa shape index (κ2) is 4.16. The van der Waals surface area contributed by atoms with Crippen LogP contribution in [0.25, 0.3) is 0 Å². The van der Waals surface area contributed by atoms with Crippen molar-refractivity contribution in [2.75, 3.05) is 13.2 Å². The maximum Gasteiger partial charge on any atom is 0.0585 e. The molecule has 0 saturated heterocycles.